The second kappa shape index (κ2) is 7.15. The number of nitrogens with two attached hydrogens (primary N) is 1. The van der Waals surface area contributed by atoms with Crippen molar-refractivity contribution in [3.8, 4) is 0 Å². The van der Waals surface area contributed by atoms with E-state index in [1.807, 2.05) is 6.92 Å². The van der Waals surface area contributed by atoms with Crippen LogP contribution in [0.15, 0.2) is 22.7 Å². The number of hydrogen-bond acceptors (Lipinski definition) is 2. The Morgan fingerprint density at radius 1 is 1.28 bits per heavy atom. The molecule has 0 spiro atoms. The fourth-order valence-corrected chi connectivity index (χ4v) is 2.40. The van der Waals surface area contributed by atoms with Gasteiger partial charge < -0.3 is 10.6 Å². The van der Waals surface area contributed by atoms with E-state index in [4.69, 9.17) is 5.73 Å². The third-order valence-corrected chi connectivity index (χ3v) is 3.80. The van der Waals surface area contributed by atoms with E-state index in [2.05, 4.69) is 59.9 Å². The third kappa shape index (κ3) is 4.99. The molecule has 1 rings (SSSR count). The third-order valence-electron chi connectivity index (χ3n) is 3.06. The molecule has 0 aromatic heterocycles. The van der Waals surface area contributed by atoms with Gasteiger partial charge in [0.25, 0.3) is 0 Å². The number of anilines is 1. The van der Waals surface area contributed by atoms with Crippen LogP contribution in [0.5, 0.6) is 0 Å². The van der Waals surface area contributed by atoms with Crippen LogP contribution in [-0.2, 0) is 6.42 Å². The first-order valence-electron chi connectivity index (χ1n) is 6.65. The van der Waals surface area contributed by atoms with Gasteiger partial charge in [-0.2, -0.15) is 0 Å². The number of halogens is 1. The van der Waals surface area contributed by atoms with Gasteiger partial charge in [0.05, 0.1) is 0 Å². The predicted molar refractivity (Wildman–Crippen MR) is 84.2 cm³/mol. The lowest BCUT2D eigenvalue weighted by Gasteiger charge is -2.21. The molecule has 0 aliphatic rings. The minimum Gasteiger partial charge on any atom is -0.375 e. The van der Waals surface area contributed by atoms with Crippen LogP contribution >= 0.6 is 15.9 Å². The summed E-state index contributed by atoms with van der Waals surface area (Å²) < 4.78 is 1.16. The van der Waals surface area contributed by atoms with E-state index in [1.54, 1.807) is 0 Å². The zero-order chi connectivity index (χ0) is 13.7. The van der Waals surface area contributed by atoms with E-state index in [9.17, 15) is 0 Å². The summed E-state index contributed by atoms with van der Waals surface area (Å²) in [5.41, 5.74) is 8.38. The monoisotopic (exact) mass is 312 g/mol. The van der Waals surface area contributed by atoms with E-state index >= 15 is 0 Å². The normalized spacial score (nSPS) is 12.8. The Hall–Kier alpha value is -0.540. The van der Waals surface area contributed by atoms with Crippen LogP contribution in [0.25, 0.3) is 0 Å². The summed E-state index contributed by atoms with van der Waals surface area (Å²) in [7, 11) is 2.15. The molecule has 102 valence electrons. The summed E-state index contributed by atoms with van der Waals surface area (Å²) in [6.07, 6.45) is 2.13. The van der Waals surface area contributed by atoms with Gasteiger partial charge in [-0.3, -0.25) is 0 Å². The molecule has 3 heteroatoms. The lowest BCUT2D eigenvalue weighted by Crippen LogP contribution is -2.20. The average molecular weight is 313 g/mol. The molecule has 0 saturated heterocycles. The Kier molecular flexibility index (Phi) is 6.16. The topological polar surface area (TPSA) is 29.3 Å². The van der Waals surface area contributed by atoms with Crippen molar-refractivity contribution >= 4 is 21.6 Å². The second-order valence-corrected chi connectivity index (χ2v) is 6.42. The smallest absolute Gasteiger partial charge is 0.0375 e. The average Bonchev–Trinajstić information content (AvgIpc) is 2.28. The van der Waals surface area contributed by atoms with Crippen LogP contribution in [-0.4, -0.2) is 19.6 Å². The number of nitrogens with zero attached hydrogens (tertiary/aromatic N) is 1. The maximum atomic E-state index is 5.84. The molecule has 1 aromatic rings. The van der Waals surface area contributed by atoms with Crippen LogP contribution in [0.3, 0.4) is 0 Å². The SMILES string of the molecule is CC(C)CCN(C)c1ccc(CC(C)N)c(Br)c1. The molecule has 2 N–H and O–H groups in total. The molecule has 0 bridgehead atoms. The first kappa shape index (κ1) is 15.5. The highest BCUT2D eigenvalue weighted by atomic mass is 79.9. The Bertz CT molecular complexity index is 375. The molecule has 18 heavy (non-hydrogen) atoms. The predicted octanol–water partition coefficient (Wildman–Crippen LogP) is 3.82. The summed E-state index contributed by atoms with van der Waals surface area (Å²) in [5.74, 6) is 0.744. The molecule has 0 amide bonds. The molecule has 0 radical (unpaired) electrons. The van der Waals surface area contributed by atoms with Gasteiger partial charge in [-0.25, -0.2) is 0 Å². The summed E-state index contributed by atoms with van der Waals surface area (Å²) in [4.78, 5) is 2.31. The van der Waals surface area contributed by atoms with E-state index < -0.39 is 0 Å². The molecule has 0 saturated carbocycles. The fraction of sp³-hybridized carbons (Fsp3) is 0.600. The highest BCUT2D eigenvalue weighted by molar-refractivity contribution is 9.10. The molecule has 0 heterocycles. The maximum absolute atomic E-state index is 5.84. The van der Waals surface area contributed by atoms with E-state index in [0.717, 1.165) is 23.4 Å². The highest BCUT2D eigenvalue weighted by Gasteiger charge is 2.07. The fourth-order valence-electron chi connectivity index (χ4n) is 1.87. The molecule has 1 aromatic carbocycles. The standard InChI is InChI=1S/C15H25BrN2/c1-11(2)7-8-18(4)14-6-5-13(9-12(3)17)15(16)10-14/h5-6,10-12H,7-9,17H2,1-4H3. The van der Waals surface area contributed by atoms with Crippen LogP contribution < -0.4 is 10.6 Å². The van der Waals surface area contributed by atoms with Crippen LogP contribution in [0.4, 0.5) is 5.69 Å². The van der Waals surface area contributed by atoms with Gasteiger partial charge in [0.15, 0.2) is 0 Å². The van der Waals surface area contributed by atoms with Crippen molar-refractivity contribution < 1.29 is 0 Å². The number of benzene rings is 1. The summed E-state index contributed by atoms with van der Waals surface area (Å²) in [6.45, 7) is 7.65. The van der Waals surface area contributed by atoms with Crippen molar-refractivity contribution in [1.29, 1.82) is 0 Å². The Morgan fingerprint density at radius 2 is 1.94 bits per heavy atom. The van der Waals surface area contributed by atoms with Gasteiger partial charge in [0.2, 0.25) is 0 Å². The quantitative estimate of drug-likeness (QED) is 0.865. The van der Waals surface area contributed by atoms with Gasteiger partial charge >= 0.3 is 0 Å². The summed E-state index contributed by atoms with van der Waals surface area (Å²) >= 11 is 3.64. The van der Waals surface area contributed by atoms with Crippen molar-refractivity contribution in [3.63, 3.8) is 0 Å². The van der Waals surface area contributed by atoms with Gasteiger partial charge in [0, 0.05) is 29.8 Å². The molecule has 0 aliphatic carbocycles. The molecule has 0 aliphatic heterocycles. The summed E-state index contributed by atoms with van der Waals surface area (Å²) in [5, 5.41) is 0. The lowest BCUT2D eigenvalue weighted by atomic mass is 10.1. The largest absolute Gasteiger partial charge is 0.375 e. The van der Waals surface area contributed by atoms with Crippen molar-refractivity contribution in [2.75, 3.05) is 18.5 Å². The van der Waals surface area contributed by atoms with Crippen molar-refractivity contribution in [3.05, 3.63) is 28.2 Å². The van der Waals surface area contributed by atoms with Crippen molar-refractivity contribution in [1.82, 2.24) is 0 Å². The second-order valence-electron chi connectivity index (χ2n) is 5.56. The Balaban J connectivity index is 2.71. The van der Waals surface area contributed by atoms with Gasteiger partial charge in [0.1, 0.15) is 0 Å². The number of rotatable bonds is 6. The minimum absolute atomic E-state index is 0.200. The van der Waals surface area contributed by atoms with Gasteiger partial charge in [-0.05, 0) is 43.4 Å². The van der Waals surface area contributed by atoms with Crippen molar-refractivity contribution in [2.45, 2.75) is 39.7 Å². The molecular formula is C15H25BrN2. The van der Waals surface area contributed by atoms with Crippen LogP contribution in [0, 0.1) is 5.92 Å². The van der Waals surface area contributed by atoms with E-state index in [0.29, 0.717) is 0 Å². The zero-order valence-electron chi connectivity index (χ0n) is 11.9. The highest BCUT2D eigenvalue weighted by Crippen LogP contribution is 2.24. The summed E-state index contributed by atoms with van der Waals surface area (Å²) in [6, 6.07) is 6.75. The van der Waals surface area contributed by atoms with Crippen LogP contribution in [0.1, 0.15) is 32.8 Å². The molecule has 1 atom stereocenters. The molecule has 0 fully saturated rings. The first-order valence-corrected chi connectivity index (χ1v) is 7.44. The zero-order valence-corrected chi connectivity index (χ0v) is 13.5. The maximum Gasteiger partial charge on any atom is 0.0375 e. The molecule has 1 unspecified atom stereocenters. The van der Waals surface area contributed by atoms with Gasteiger partial charge in [-0.15, -0.1) is 0 Å². The van der Waals surface area contributed by atoms with Gasteiger partial charge in [-0.1, -0.05) is 35.8 Å². The Morgan fingerprint density at radius 3 is 2.44 bits per heavy atom. The molecular weight excluding hydrogens is 288 g/mol. The minimum atomic E-state index is 0.200. The Labute approximate surface area is 120 Å². The van der Waals surface area contributed by atoms with Crippen LogP contribution in [0.2, 0.25) is 0 Å². The number of hydrogen-bond donors (Lipinski definition) is 1. The van der Waals surface area contributed by atoms with Crippen molar-refractivity contribution in [2.24, 2.45) is 11.7 Å². The lowest BCUT2D eigenvalue weighted by molar-refractivity contribution is 0.585. The molecule has 2 nitrogen and oxygen atoms in total. The first-order chi connectivity index (χ1) is 8.40. The van der Waals surface area contributed by atoms with E-state index in [-0.39, 0.29) is 6.04 Å². The van der Waals surface area contributed by atoms with E-state index in [1.165, 1.54) is 17.7 Å².